The zero-order chi connectivity index (χ0) is 10.8. The molecule has 0 saturated carbocycles. The number of anilines is 1. The summed E-state index contributed by atoms with van der Waals surface area (Å²) in [6.45, 7) is 0. The second-order valence-corrected chi connectivity index (χ2v) is 4.43. The van der Waals surface area contributed by atoms with Crippen molar-refractivity contribution < 1.29 is 12.8 Å². The van der Waals surface area contributed by atoms with Crippen LogP contribution in [0.1, 0.15) is 5.56 Å². The van der Waals surface area contributed by atoms with Gasteiger partial charge in [-0.2, -0.15) is 5.26 Å². The van der Waals surface area contributed by atoms with Crippen LogP contribution in [0.25, 0.3) is 0 Å². The minimum Gasteiger partial charge on any atom is -0.284 e. The Morgan fingerprint density at radius 3 is 2.64 bits per heavy atom. The first-order valence-electron chi connectivity index (χ1n) is 3.60. The largest absolute Gasteiger partial charge is 0.284 e. The maximum Gasteiger partial charge on any atom is 0.229 e. The Bertz CT molecular complexity index is 491. The molecule has 0 unspecified atom stereocenters. The van der Waals surface area contributed by atoms with Crippen molar-refractivity contribution in [1.29, 1.82) is 5.26 Å². The molecule has 0 aliphatic carbocycles. The third-order valence-electron chi connectivity index (χ3n) is 1.39. The molecule has 74 valence electrons. The zero-order valence-electron chi connectivity index (χ0n) is 7.28. The van der Waals surface area contributed by atoms with E-state index in [-0.39, 0.29) is 11.3 Å². The first-order valence-corrected chi connectivity index (χ1v) is 5.49. The summed E-state index contributed by atoms with van der Waals surface area (Å²) in [7, 11) is -3.40. The fourth-order valence-corrected chi connectivity index (χ4v) is 1.44. The monoisotopic (exact) mass is 214 g/mol. The van der Waals surface area contributed by atoms with Gasteiger partial charge in [0.2, 0.25) is 10.0 Å². The van der Waals surface area contributed by atoms with Gasteiger partial charge in [0.1, 0.15) is 11.9 Å². The fourth-order valence-electron chi connectivity index (χ4n) is 0.889. The van der Waals surface area contributed by atoms with Crippen molar-refractivity contribution in [3.63, 3.8) is 0 Å². The highest BCUT2D eigenvalue weighted by Gasteiger charge is 2.05. The van der Waals surface area contributed by atoms with E-state index in [2.05, 4.69) is 4.72 Å². The summed E-state index contributed by atoms with van der Waals surface area (Å²) in [5, 5.41) is 8.47. The van der Waals surface area contributed by atoms with Crippen LogP contribution in [0.15, 0.2) is 18.2 Å². The lowest BCUT2D eigenvalue weighted by molar-refractivity contribution is 0.606. The Hall–Kier alpha value is -1.61. The van der Waals surface area contributed by atoms with E-state index in [1.165, 1.54) is 6.07 Å². The van der Waals surface area contributed by atoms with Gasteiger partial charge >= 0.3 is 0 Å². The number of nitrogens with one attached hydrogen (secondary N) is 1. The number of benzene rings is 1. The summed E-state index contributed by atoms with van der Waals surface area (Å²) >= 11 is 0. The van der Waals surface area contributed by atoms with Crippen LogP contribution in [0, 0.1) is 17.1 Å². The van der Waals surface area contributed by atoms with Gasteiger partial charge in [-0.1, -0.05) is 0 Å². The predicted octanol–water partition coefficient (Wildman–Crippen LogP) is 1.07. The Balaban J connectivity index is 3.09. The second kappa shape index (κ2) is 3.64. The number of nitrogens with zero attached hydrogens (tertiary/aromatic N) is 1. The summed E-state index contributed by atoms with van der Waals surface area (Å²) < 4.78 is 36.5. The Labute approximate surface area is 81.0 Å². The number of sulfonamides is 1. The van der Waals surface area contributed by atoms with E-state index in [4.69, 9.17) is 5.26 Å². The maximum absolute atomic E-state index is 12.8. The smallest absolute Gasteiger partial charge is 0.229 e. The molecule has 1 aromatic rings. The van der Waals surface area contributed by atoms with Crippen molar-refractivity contribution in [3.8, 4) is 6.07 Å². The van der Waals surface area contributed by atoms with Crippen LogP contribution in [0.5, 0.6) is 0 Å². The van der Waals surface area contributed by atoms with Crippen LogP contribution in [0.4, 0.5) is 10.1 Å². The van der Waals surface area contributed by atoms with Gasteiger partial charge in [-0.05, 0) is 18.2 Å². The second-order valence-electron chi connectivity index (χ2n) is 2.68. The first kappa shape index (κ1) is 10.5. The summed E-state index contributed by atoms with van der Waals surface area (Å²) in [5.74, 6) is -0.674. The first-order chi connectivity index (χ1) is 6.42. The molecule has 0 bridgehead atoms. The van der Waals surface area contributed by atoms with Crippen LogP contribution >= 0.6 is 0 Å². The SMILES string of the molecule is CS(=O)(=O)Nc1ccc(F)c(C#N)c1. The van der Waals surface area contributed by atoms with E-state index >= 15 is 0 Å². The van der Waals surface area contributed by atoms with Gasteiger partial charge in [-0.15, -0.1) is 0 Å². The molecule has 1 rings (SSSR count). The molecule has 4 nitrogen and oxygen atoms in total. The Kier molecular flexibility index (Phi) is 2.72. The molecule has 6 heteroatoms. The van der Waals surface area contributed by atoms with Gasteiger partial charge in [0, 0.05) is 5.69 Å². The number of rotatable bonds is 2. The van der Waals surface area contributed by atoms with E-state index in [0.717, 1.165) is 18.4 Å². The van der Waals surface area contributed by atoms with Crippen LogP contribution in [0.3, 0.4) is 0 Å². The van der Waals surface area contributed by atoms with Crippen LogP contribution < -0.4 is 4.72 Å². The van der Waals surface area contributed by atoms with Crippen molar-refractivity contribution >= 4 is 15.7 Å². The molecule has 0 fully saturated rings. The van der Waals surface area contributed by atoms with E-state index in [0.29, 0.717) is 0 Å². The average molecular weight is 214 g/mol. The van der Waals surface area contributed by atoms with E-state index < -0.39 is 15.8 Å². The van der Waals surface area contributed by atoms with Gasteiger partial charge in [0.05, 0.1) is 11.8 Å². The molecule has 0 heterocycles. The van der Waals surface area contributed by atoms with E-state index in [1.54, 1.807) is 6.07 Å². The molecule has 0 spiro atoms. The lowest BCUT2D eigenvalue weighted by atomic mass is 10.2. The highest BCUT2D eigenvalue weighted by molar-refractivity contribution is 7.92. The third kappa shape index (κ3) is 2.71. The molecule has 0 atom stereocenters. The number of hydrogen-bond donors (Lipinski definition) is 1. The number of halogens is 1. The normalized spacial score (nSPS) is 10.6. The lowest BCUT2D eigenvalue weighted by Crippen LogP contribution is -2.09. The zero-order valence-corrected chi connectivity index (χ0v) is 8.10. The van der Waals surface area contributed by atoms with Gasteiger partial charge in [0.25, 0.3) is 0 Å². The minimum atomic E-state index is -3.40. The minimum absolute atomic E-state index is 0.172. The highest BCUT2D eigenvalue weighted by Crippen LogP contribution is 2.14. The van der Waals surface area contributed by atoms with Crippen LogP contribution in [-0.2, 0) is 10.0 Å². The molecule has 0 aliphatic heterocycles. The molecule has 0 radical (unpaired) electrons. The summed E-state index contributed by atoms with van der Waals surface area (Å²) in [5.41, 5.74) is -0.0240. The topological polar surface area (TPSA) is 70.0 Å². The van der Waals surface area contributed by atoms with E-state index in [9.17, 15) is 12.8 Å². The van der Waals surface area contributed by atoms with Crippen molar-refractivity contribution in [3.05, 3.63) is 29.6 Å². The molecule has 0 aliphatic rings. The van der Waals surface area contributed by atoms with Crippen molar-refractivity contribution in [2.24, 2.45) is 0 Å². The Morgan fingerprint density at radius 1 is 1.50 bits per heavy atom. The maximum atomic E-state index is 12.8. The van der Waals surface area contributed by atoms with Gasteiger partial charge in [-0.3, -0.25) is 4.72 Å². The summed E-state index contributed by atoms with van der Waals surface area (Å²) in [6.07, 6.45) is 0.975. The molecule has 1 N–H and O–H groups in total. The van der Waals surface area contributed by atoms with Gasteiger partial charge < -0.3 is 0 Å². The quantitative estimate of drug-likeness (QED) is 0.800. The van der Waals surface area contributed by atoms with E-state index in [1.807, 2.05) is 0 Å². The van der Waals surface area contributed by atoms with Crippen LogP contribution in [0.2, 0.25) is 0 Å². The third-order valence-corrected chi connectivity index (χ3v) is 2.00. The lowest BCUT2D eigenvalue weighted by Gasteiger charge is -2.03. The molecule has 0 saturated heterocycles. The molecule has 0 aromatic heterocycles. The molecule has 0 amide bonds. The van der Waals surface area contributed by atoms with Gasteiger partial charge in [0.15, 0.2) is 0 Å². The summed E-state index contributed by atoms with van der Waals surface area (Å²) in [4.78, 5) is 0. The van der Waals surface area contributed by atoms with Crippen molar-refractivity contribution in [1.82, 2.24) is 0 Å². The van der Waals surface area contributed by atoms with Crippen LogP contribution in [-0.4, -0.2) is 14.7 Å². The fraction of sp³-hybridized carbons (Fsp3) is 0.125. The molecule has 1 aromatic carbocycles. The number of nitriles is 1. The molecular formula is C8H7FN2O2S. The molecule has 14 heavy (non-hydrogen) atoms. The standard InChI is InChI=1S/C8H7FN2O2S/c1-14(12,13)11-7-2-3-8(9)6(4-7)5-10/h2-4,11H,1H3. The average Bonchev–Trinajstić information content (AvgIpc) is 2.06. The van der Waals surface area contributed by atoms with Crippen molar-refractivity contribution in [2.75, 3.05) is 11.0 Å². The number of hydrogen-bond acceptors (Lipinski definition) is 3. The Morgan fingerprint density at radius 2 is 2.14 bits per heavy atom. The van der Waals surface area contributed by atoms with Crippen molar-refractivity contribution in [2.45, 2.75) is 0 Å². The highest BCUT2D eigenvalue weighted by atomic mass is 32.2. The molecular weight excluding hydrogens is 207 g/mol. The van der Waals surface area contributed by atoms with Gasteiger partial charge in [-0.25, -0.2) is 12.8 Å². The summed E-state index contributed by atoms with van der Waals surface area (Å²) in [6, 6.07) is 5.03. The predicted molar refractivity (Wildman–Crippen MR) is 49.6 cm³/mol.